The van der Waals surface area contributed by atoms with Crippen molar-refractivity contribution in [3.63, 3.8) is 0 Å². The average Bonchev–Trinajstić information content (AvgIpc) is 2.67. The fourth-order valence-corrected chi connectivity index (χ4v) is 3.60. The molecule has 5 heteroatoms. The van der Waals surface area contributed by atoms with Gasteiger partial charge in [-0.2, -0.15) is 0 Å². The Morgan fingerprint density at radius 3 is 2.88 bits per heavy atom. The summed E-state index contributed by atoms with van der Waals surface area (Å²) in [6.45, 7) is 2.37. The molecule has 1 unspecified atom stereocenters. The van der Waals surface area contributed by atoms with Gasteiger partial charge in [0, 0.05) is 36.3 Å². The SMILES string of the molecule is Cc1cc(NCC2(O)CCCc3ccccc32)nc(-c2cccnc2)n1. The van der Waals surface area contributed by atoms with E-state index in [0.29, 0.717) is 18.2 Å². The van der Waals surface area contributed by atoms with Crippen LogP contribution in [0.25, 0.3) is 11.4 Å². The van der Waals surface area contributed by atoms with Crippen LogP contribution in [0.2, 0.25) is 0 Å². The molecule has 2 heterocycles. The predicted octanol–water partition coefficient (Wildman–Crippen LogP) is 3.48. The molecular formula is C21H22N4O. The maximum absolute atomic E-state index is 11.2. The highest BCUT2D eigenvalue weighted by atomic mass is 16.3. The number of fused-ring (bicyclic) bond motifs is 1. The number of hydrogen-bond donors (Lipinski definition) is 2. The number of benzene rings is 1. The fourth-order valence-electron chi connectivity index (χ4n) is 3.60. The zero-order valence-electron chi connectivity index (χ0n) is 14.8. The van der Waals surface area contributed by atoms with Gasteiger partial charge in [0.1, 0.15) is 11.4 Å². The molecule has 0 spiro atoms. The summed E-state index contributed by atoms with van der Waals surface area (Å²) in [7, 11) is 0. The number of aromatic nitrogens is 3. The lowest BCUT2D eigenvalue weighted by atomic mass is 9.79. The second-order valence-corrected chi connectivity index (χ2v) is 6.86. The van der Waals surface area contributed by atoms with Gasteiger partial charge < -0.3 is 10.4 Å². The van der Waals surface area contributed by atoms with E-state index < -0.39 is 5.60 Å². The van der Waals surface area contributed by atoms with Gasteiger partial charge in [0.2, 0.25) is 0 Å². The van der Waals surface area contributed by atoms with Gasteiger partial charge in [-0.15, -0.1) is 0 Å². The largest absolute Gasteiger partial charge is 0.383 e. The standard InChI is InChI=1S/C21H22N4O/c1-15-12-19(25-20(24-15)17-8-5-11-22-13-17)23-14-21(26)10-4-7-16-6-2-3-9-18(16)21/h2-3,5-6,8-9,11-13,26H,4,7,10,14H2,1H3,(H,23,24,25). The maximum atomic E-state index is 11.2. The Balaban J connectivity index is 1.58. The van der Waals surface area contributed by atoms with Crippen molar-refractivity contribution in [2.75, 3.05) is 11.9 Å². The first-order chi connectivity index (χ1) is 12.6. The molecule has 5 nitrogen and oxygen atoms in total. The zero-order chi connectivity index (χ0) is 18.0. The minimum absolute atomic E-state index is 0.424. The molecule has 3 aromatic rings. The summed E-state index contributed by atoms with van der Waals surface area (Å²) in [4.78, 5) is 13.2. The third kappa shape index (κ3) is 3.30. The third-order valence-corrected chi connectivity index (χ3v) is 4.89. The Morgan fingerprint density at radius 2 is 2.04 bits per heavy atom. The Bertz CT molecular complexity index is 913. The molecule has 1 atom stereocenters. The molecule has 2 aromatic heterocycles. The summed E-state index contributed by atoms with van der Waals surface area (Å²) < 4.78 is 0. The van der Waals surface area contributed by atoms with Crippen LogP contribution in [0, 0.1) is 6.92 Å². The van der Waals surface area contributed by atoms with Crippen molar-refractivity contribution < 1.29 is 5.11 Å². The molecule has 4 rings (SSSR count). The number of nitrogens with zero attached hydrogens (tertiary/aromatic N) is 3. The highest BCUT2D eigenvalue weighted by Crippen LogP contribution is 2.35. The van der Waals surface area contributed by atoms with Crippen molar-refractivity contribution in [1.82, 2.24) is 15.0 Å². The molecule has 0 saturated heterocycles. The monoisotopic (exact) mass is 346 g/mol. The number of anilines is 1. The van der Waals surface area contributed by atoms with E-state index in [2.05, 4.69) is 26.3 Å². The van der Waals surface area contributed by atoms with Gasteiger partial charge in [-0.3, -0.25) is 4.98 Å². The van der Waals surface area contributed by atoms with E-state index in [1.165, 1.54) is 5.56 Å². The van der Waals surface area contributed by atoms with Crippen LogP contribution < -0.4 is 5.32 Å². The molecule has 0 bridgehead atoms. The summed E-state index contributed by atoms with van der Waals surface area (Å²) in [5.74, 6) is 1.35. The van der Waals surface area contributed by atoms with Crippen LogP contribution in [-0.4, -0.2) is 26.6 Å². The molecule has 1 aliphatic carbocycles. The quantitative estimate of drug-likeness (QED) is 0.757. The average molecular weight is 346 g/mol. The first-order valence-electron chi connectivity index (χ1n) is 8.95. The van der Waals surface area contributed by atoms with E-state index in [9.17, 15) is 5.11 Å². The highest BCUT2D eigenvalue weighted by molar-refractivity contribution is 5.56. The van der Waals surface area contributed by atoms with Gasteiger partial charge in [0.25, 0.3) is 0 Å². The topological polar surface area (TPSA) is 70.9 Å². The van der Waals surface area contributed by atoms with E-state index in [1.54, 1.807) is 12.4 Å². The molecule has 0 radical (unpaired) electrons. The van der Waals surface area contributed by atoms with Crippen LogP contribution >= 0.6 is 0 Å². The molecule has 0 saturated carbocycles. The van der Waals surface area contributed by atoms with E-state index in [0.717, 1.165) is 36.1 Å². The Hall–Kier alpha value is -2.79. The second kappa shape index (κ2) is 6.84. The number of rotatable bonds is 4. The van der Waals surface area contributed by atoms with Gasteiger partial charge >= 0.3 is 0 Å². The molecule has 132 valence electrons. The minimum atomic E-state index is -0.873. The molecule has 1 aromatic carbocycles. The Labute approximate surface area is 153 Å². The summed E-state index contributed by atoms with van der Waals surface area (Å²) in [5, 5.41) is 14.5. The van der Waals surface area contributed by atoms with E-state index >= 15 is 0 Å². The Kier molecular flexibility index (Phi) is 4.39. The van der Waals surface area contributed by atoms with Crippen LogP contribution in [0.5, 0.6) is 0 Å². The molecule has 0 amide bonds. The van der Waals surface area contributed by atoms with E-state index in [-0.39, 0.29) is 0 Å². The highest BCUT2D eigenvalue weighted by Gasteiger charge is 2.34. The van der Waals surface area contributed by atoms with Crippen molar-refractivity contribution in [2.45, 2.75) is 31.8 Å². The molecule has 0 fully saturated rings. The number of hydrogen-bond acceptors (Lipinski definition) is 5. The number of aliphatic hydroxyl groups is 1. The van der Waals surface area contributed by atoms with E-state index in [1.807, 2.05) is 43.3 Å². The van der Waals surface area contributed by atoms with Crippen molar-refractivity contribution in [3.8, 4) is 11.4 Å². The number of nitrogens with one attached hydrogen (secondary N) is 1. The summed E-state index contributed by atoms with van der Waals surface area (Å²) in [5.41, 5.74) is 3.13. The Morgan fingerprint density at radius 1 is 1.15 bits per heavy atom. The second-order valence-electron chi connectivity index (χ2n) is 6.86. The van der Waals surface area contributed by atoms with Gasteiger partial charge in [0.15, 0.2) is 5.82 Å². The first-order valence-corrected chi connectivity index (χ1v) is 8.95. The molecule has 26 heavy (non-hydrogen) atoms. The van der Waals surface area contributed by atoms with Crippen LogP contribution in [0.4, 0.5) is 5.82 Å². The van der Waals surface area contributed by atoms with Gasteiger partial charge in [-0.05, 0) is 49.4 Å². The summed E-state index contributed by atoms with van der Waals surface area (Å²) >= 11 is 0. The lowest BCUT2D eigenvalue weighted by molar-refractivity contribution is 0.0322. The smallest absolute Gasteiger partial charge is 0.163 e. The minimum Gasteiger partial charge on any atom is -0.383 e. The van der Waals surface area contributed by atoms with E-state index in [4.69, 9.17) is 0 Å². The van der Waals surface area contributed by atoms with Crippen LogP contribution in [0.15, 0.2) is 54.9 Å². The molecular weight excluding hydrogens is 324 g/mol. The number of pyridine rings is 1. The van der Waals surface area contributed by atoms with Crippen molar-refractivity contribution in [1.29, 1.82) is 0 Å². The van der Waals surface area contributed by atoms with Crippen molar-refractivity contribution >= 4 is 5.82 Å². The van der Waals surface area contributed by atoms with Crippen molar-refractivity contribution in [2.24, 2.45) is 0 Å². The summed E-state index contributed by atoms with van der Waals surface area (Å²) in [6.07, 6.45) is 6.24. The van der Waals surface area contributed by atoms with Crippen LogP contribution in [-0.2, 0) is 12.0 Å². The molecule has 1 aliphatic rings. The third-order valence-electron chi connectivity index (χ3n) is 4.89. The van der Waals surface area contributed by atoms with Crippen LogP contribution in [0.1, 0.15) is 29.7 Å². The fraction of sp³-hybridized carbons (Fsp3) is 0.286. The van der Waals surface area contributed by atoms with Crippen LogP contribution in [0.3, 0.4) is 0 Å². The summed E-state index contributed by atoms with van der Waals surface area (Å²) in [6, 6.07) is 13.9. The zero-order valence-corrected chi connectivity index (χ0v) is 14.8. The van der Waals surface area contributed by atoms with Crippen molar-refractivity contribution in [3.05, 3.63) is 71.7 Å². The molecule has 2 N–H and O–H groups in total. The maximum Gasteiger partial charge on any atom is 0.163 e. The van der Waals surface area contributed by atoms with Gasteiger partial charge in [-0.25, -0.2) is 9.97 Å². The van der Waals surface area contributed by atoms with Gasteiger partial charge in [-0.1, -0.05) is 24.3 Å². The first kappa shape index (κ1) is 16.7. The normalized spacial score (nSPS) is 19.0. The number of aryl methyl sites for hydroxylation is 2. The lowest BCUT2D eigenvalue weighted by Crippen LogP contribution is -2.37. The lowest BCUT2D eigenvalue weighted by Gasteiger charge is -2.34. The van der Waals surface area contributed by atoms with Gasteiger partial charge in [0.05, 0.1) is 0 Å². The predicted molar refractivity (Wildman–Crippen MR) is 102 cm³/mol. The molecule has 0 aliphatic heterocycles.